The number of pyridine rings is 2. The van der Waals surface area contributed by atoms with Crippen molar-refractivity contribution in [1.29, 1.82) is 0 Å². The largest absolute Gasteiger partial charge is 0.352 e. The van der Waals surface area contributed by atoms with Crippen molar-refractivity contribution in [2.75, 3.05) is 6.54 Å². The van der Waals surface area contributed by atoms with E-state index < -0.39 is 0 Å². The van der Waals surface area contributed by atoms with Crippen molar-refractivity contribution in [1.82, 2.24) is 24.8 Å². The molecule has 0 aliphatic heterocycles. The second kappa shape index (κ2) is 7.14. The summed E-state index contributed by atoms with van der Waals surface area (Å²) < 4.78 is 1.76. The Morgan fingerprint density at radius 1 is 1.08 bits per heavy atom. The molecule has 0 atom stereocenters. The molecule has 1 aromatic carbocycles. The minimum absolute atomic E-state index is 0.130. The van der Waals surface area contributed by atoms with Gasteiger partial charge in [-0.25, -0.2) is 9.97 Å². The van der Waals surface area contributed by atoms with Crippen molar-refractivity contribution in [3.8, 4) is 5.82 Å². The summed E-state index contributed by atoms with van der Waals surface area (Å²) in [5.41, 5.74) is 2.49. The second-order valence-corrected chi connectivity index (χ2v) is 5.87. The minimum atomic E-state index is -0.130. The number of benzene rings is 1. The normalized spacial score (nSPS) is 10.8. The van der Waals surface area contributed by atoms with Crippen LogP contribution in [0.25, 0.3) is 16.7 Å². The van der Waals surface area contributed by atoms with Gasteiger partial charge >= 0.3 is 0 Å². The highest BCUT2D eigenvalue weighted by Crippen LogP contribution is 2.12. The van der Waals surface area contributed by atoms with Gasteiger partial charge < -0.3 is 5.32 Å². The average molecular weight is 343 g/mol. The third-order valence-corrected chi connectivity index (χ3v) is 4.10. The van der Waals surface area contributed by atoms with E-state index in [0.29, 0.717) is 24.3 Å². The standard InChI is InChI=1S/C20H17N5O/c26-20(16-7-9-22-19(13-16)25-12-11-21-14-25)23-10-8-17-6-5-15-3-1-2-4-18(15)24-17/h1-7,9,11-14H,8,10H2,(H,23,26). The molecule has 0 saturated carbocycles. The van der Waals surface area contributed by atoms with Gasteiger partial charge in [-0.3, -0.25) is 14.3 Å². The molecule has 3 aromatic heterocycles. The van der Waals surface area contributed by atoms with E-state index in [-0.39, 0.29) is 5.91 Å². The van der Waals surface area contributed by atoms with Gasteiger partial charge in [0.1, 0.15) is 12.1 Å². The monoisotopic (exact) mass is 343 g/mol. The molecule has 3 heterocycles. The number of aromatic nitrogens is 4. The van der Waals surface area contributed by atoms with E-state index >= 15 is 0 Å². The zero-order chi connectivity index (χ0) is 17.8. The molecule has 0 saturated heterocycles. The van der Waals surface area contributed by atoms with Crippen LogP contribution in [0.15, 0.2) is 73.4 Å². The van der Waals surface area contributed by atoms with Gasteiger partial charge in [-0.1, -0.05) is 24.3 Å². The van der Waals surface area contributed by atoms with E-state index in [1.54, 1.807) is 41.6 Å². The van der Waals surface area contributed by atoms with Crippen LogP contribution in [0.3, 0.4) is 0 Å². The number of para-hydroxylation sites is 1. The highest BCUT2D eigenvalue weighted by atomic mass is 16.1. The lowest BCUT2D eigenvalue weighted by Crippen LogP contribution is -2.26. The topological polar surface area (TPSA) is 72.7 Å². The number of carbonyl (C=O) groups excluding carboxylic acids is 1. The molecule has 0 spiro atoms. The van der Waals surface area contributed by atoms with E-state index in [1.165, 1.54) is 0 Å². The Bertz CT molecular complexity index is 1040. The third kappa shape index (κ3) is 3.44. The molecule has 6 heteroatoms. The molecule has 1 amide bonds. The van der Waals surface area contributed by atoms with Gasteiger partial charge in [0.15, 0.2) is 0 Å². The van der Waals surface area contributed by atoms with Gasteiger partial charge in [0.05, 0.1) is 5.52 Å². The van der Waals surface area contributed by atoms with Crippen molar-refractivity contribution in [2.45, 2.75) is 6.42 Å². The van der Waals surface area contributed by atoms with E-state index in [9.17, 15) is 4.79 Å². The average Bonchev–Trinajstić information content (AvgIpc) is 3.23. The van der Waals surface area contributed by atoms with Crippen LogP contribution in [-0.4, -0.2) is 32.0 Å². The van der Waals surface area contributed by atoms with E-state index in [0.717, 1.165) is 16.6 Å². The lowest BCUT2D eigenvalue weighted by atomic mass is 10.2. The summed E-state index contributed by atoms with van der Waals surface area (Å²) in [4.78, 5) is 25.3. The molecule has 0 bridgehead atoms. The van der Waals surface area contributed by atoms with Gasteiger partial charge in [0.25, 0.3) is 5.91 Å². The Morgan fingerprint density at radius 3 is 2.88 bits per heavy atom. The number of rotatable bonds is 5. The molecule has 26 heavy (non-hydrogen) atoms. The Morgan fingerprint density at radius 2 is 2.00 bits per heavy atom. The number of imidazole rings is 1. The summed E-state index contributed by atoms with van der Waals surface area (Å²) >= 11 is 0. The van der Waals surface area contributed by atoms with Crippen LogP contribution in [0.2, 0.25) is 0 Å². The molecule has 128 valence electrons. The maximum absolute atomic E-state index is 12.4. The number of amides is 1. The maximum Gasteiger partial charge on any atom is 0.251 e. The zero-order valence-electron chi connectivity index (χ0n) is 14.0. The SMILES string of the molecule is O=C(NCCc1ccc2ccccc2n1)c1ccnc(-n2ccnc2)c1. The predicted molar refractivity (Wildman–Crippen MR) is 99.1 cm³/mol. The van der Waals surface area contributed by atoms with Crippen molar-refractivity contribution >= 4 is 16.8 Å². The fraction of sp³-hybridized carbons (Fsp3) is 0.100. The van der Waals surface area contributed by atoms with Gasteiger partial charge in [0.2, 0.25) is 0 Å². The quantitative estimate of drug-likeness (QED) is 0.605. The first-order chi connectivity index (χ1) is 12.8. The van der Waals surface area contributed by atoms with Crippen LogP contribution in [0.1, 0.15) is 16.1 Å². The van der Waals surface area contributed by atoms with Gasteiger partial charge in [-0.15, -0.1) is 0 Å². The fourth-order valence-corrected chi connectivity index (χ4v) is 2.75. The number of nitrogens with one attached hydrogen (secondary N) is 1. The molecule has 0 fully saturated rings. The van der Waals surface area contributed by atoms with Crippen LogP contribution in [-0.2, 0) is 6.42 Å². The van der Waals surface area contributed by atoms with Gasteiger partial charge in [-0.2, -0.15) is 0 Å². The first kappa shape index (κ1) is 16.0. The maximum atomic E-state index is 12.4. The third-order valence-electron chi connectivity index (χ3n) is 4.10. The summed E-state index contributed by atoms with van der Waals surface area (Å²) in [5.74, 6) is 0.529. The van der Waals surface area contributed by atoms with E-state index in [1.807, 2.05) is 30.3 Å². The summed E-state index contributed by atoms with van der Waals surface area (Å²) in [6.07, 6.45) is 7.40. The Labute approximate surface area is 150 Å². The number of carbonyl (C=O) groups is 1. The first-order valence-electron chi connectivity index (χ1n) is 8.37. The molecule has 4 rings (SSSR count). The summed E-state index contributed by atoms with van der Waals surface area (Å²) in [6, 6.07) is 15.5. The zero-order valence-corrected chi connectivity index (χ0v) is 14.0. The van der Waals surface area contributed by atoms with Crippen LogP contribution >= 0.6 is 0 Å². The van der Waals surface area contributed by atoms with E-state index in [2.05, 4.69) is 26.3 Å². The van der Waals surface area contributed by atoms with Crippen LogP contribution in [0.4, 0.5) is 0 Å². The van der Waals surface area contributed by atoms with Crippen molar-refractivity contribution in [2.24, 2.45) is 0 Å². The van der Waals surface area contributed by atoms with Crippen LogP contribution < -0.4 is 5.32 Å². The summed E-state index contributed by atoms with van der Waals surface area (Å²) in [7, 11) is 0. The smallest absolute Gasteiger partial charge is 0.251 e. The molecule has 0 unspecified atom stereocenters. The molecule has 0 radical (unpaired) electrons. The summed E-state index contributed by atoms with van der Waals surface area (Å²) in [5, 5.41) is 4.05. The predicted octanol–water partition coefficient (Wildman–Crippen LogP) is 2.79. The molecule has 6 nitrogen and oxygen atoms in total. The number of hydrogen-bond donors (Lipinski definition) is 1. The lowest BCUT2D eigenvalue weighted by molar-refractivity contribution is 0.0954. The Hall–Kier alpha value is -3.54. The van der Waals surface area contributed by atoms with E-state index in [4.69, 9.17) is 0 Å². The minimum Gasteiger partial charge on any atom is -0.352 e. The highest BCUT2D eigenvalue weighted by Gasteiger charge is 2.08. The molecule has 4 aromatic rings. The Balaban J connectivity index is 1.40. The van der Waals surface area contributed by atoms with Gasteiger partial charge in [-0.05, 0) is 24.3 Å². The number of nitrogens with zero attached hydrogens (tertiary/aromatic N) is 4. The molecule has 0 aliphatic rings. The number of hydrogen-bond acceptors (Lipinski definition) is 4. The fourth-order valence-electron chi connectivity index (χ4n) is 2.75. The summed E-state index contributed by atoms with van der Waals surface area (Å²) in [6.45, 7) is 0.521. The molecular weight excluding hydrogens is 326 g/mol. The number of fused-ring (bicyclic) bond motifs is 1. The van der Waals surface area contributed by atoms with Gasteiger partial charge in [0, 0.05) is 48.2 Å². The highest BCUT2D eigenvalue weighted by molar-refractivity contribution is 5.94. The van der Waals surface area contributed by atoms with Crippen LogP contribution in [0, 0.1) is 0 Å². The van der Waals surface area contributed by atoms with Crippen LogP contribution in [0.5, 0.6) is 0 Å². The Kier molecular flexibility index (Phi) is 4.38. The second-order valence-electron chi connectivity index (χ2n) is 5.87. The van der Waals surface area contributed by atoms with Crippen molar-refractivity contribution in [3.63, 3.8) is 0 Å². The molecular formula is C20H17N5O. The molecule has 0 aliphatic carbocycles. The van der Waals surface area contributed by atoms with Crippen molar-refractivity contribution in [3.05, 3.63) is 84.7 Å². The van der Waals surface area contributed by atoms with Crippen molar-refractivity contribution < 1.29 is 4.79 Å². The first-order valence-corrected chi connectivity index (χ1v) is 8.37. The molecule has 1 N–H and O–H groups in total. The lowest BCUT2D eigenvalue weighted by Gasteiger charge is -2.07.